The van der Waals surface area contributed by atoms with E-state index in [4.69, 9.17) is 4.42 Å². The summed E-state index contributed by atoms with van der Waals surface area (Å²) in [7, 11) is 0. The van der Waals surface area contributed by atoms with Crippen LogP contribution in [0.1, 0.15) is 31.4 Å². The van der Waals surface area contributed by atoms with E-state index in [0.29, 0.717) is 22.6 Å². The Bertz CT molecular complexity index is 922. The summed E-state index contributed by atoms with van der Waals surface area (Å²) in [6.45, 7) is 4.56. The highest BCUT2D eigenvalue weighted by Gasteiger charge is 2.20. The second kappa shape index (κ2) is 6.25. The van der Waals surface area contributed by atoms with Gasteiger partial charge in [0.1, 0.15) is 11.8 Å². The molecule has 1 fully saturated rings. The molecular formula is C21H21NO2. The fourth-order valence-electron chi connectivity index (χ4n) is 3.58. The molecule has 24 heavy (non-hydrogen) atoms. The molecule has 0 spiro atoms. The summed E-state index contributed by atoms with van der Waals surface area (Å²) >= 11 is 0. The first-order valence-electron chi connectivity index (χ1n) is 8.59. The van der Waals surface area contributed by atoms with E-state index in [1.807, 2.05) is 36.4 Å². The summed E-state index contributed by atoms with van der Waals surface area (Å²) in [5, 5.41) is 0.632. The molecule has 1 saturated heterocycles. The van der Waals surface area contributed by atoms with Crippen LogP contribution in [0.25, 0.3) is 22.1 Å². The molecule has 0 bridgehead atoms. The highest BCUT2D eigenvalue weighted by atomic mass is 16.3. The van der Waals surface area contributed by atoms with Gasteiger partial charge in [0.05, 0.1) is 10.9 Å². The molecule has 1 aliphatic rings. The average molecular weight is 319 g/mol. The summed E-state index contributed by atoms with van der Waals surface area (Å²) < 4.78 is 5.67. The van der Waals surface area contributed by atoms with Crippen LogP contribution in [0, 0.1) is 0 Å². The minimum absolute atomic E-state index is 0.0304. The summed E-state index contributed by atoms with van der Waals surface area (Å²) in [5.41, 5.74) is 3.47. The van der Waals surface area contributed by atoms with Crippen molar-refractivity contribution in [2.75, 3.05) is 13.1 Å². The van der Waals surface area contributed by atoms with E-state index in [9.17, 15) is 4.79 Å². The first kappa shape index (κ1) is 15.2. The summed E-state index contributed by atoms with van der Waals surface area (Å²) in [5.74, 6) is 0. The van der Waals surface area contributed by atoms with E-state index < -0.39 is 0 Å². The van der Waals surface area contributed by atoms with Gasteiger partial charge in [-0.2, -0.15) is 0 Å². The van der Waals surface area contributed by atoms with E-state index in [-0.39, 0.29) is 5.43 Å². The molecule has 2 heterocycles. The molecule has 0 radical (unpaired) electrons. The standard InChI is InChI=1S/C21H21NO2/c1-15(22-11-4-5-12-22)16-7-6-8-17(13-16)19-14-24-20-10-3-2-9-18(20)21(19)23/h2-3,6-10,13-15H,4-5,11-12H2,1H3/t15-/m0/s1. The van der Waals surface area contributed by atoms with Gasteiger partial charge in [-0.3, -0.25) is 9.69 Å². The minimum atomic E-state index is 0.0304. The second-order valence-electron chi connectivity index (χ2n) is 6.52. The molecule has 0 amide bonds. The number of fused-ring (bicyclic) bond motifs is 1. The van der Waals surface area contributed by atoms with Gasteiger partial charge >= 0.3 is 0 Å². The fraction of sp³-hybridized carbons (Fsp3) is 0.286. The Labute approximate surface area is 141 Å². The Morgan fingerprint density at radius 3 is 2.67 bits per heavy atom. The van der Waals surface area contributed by atoms with E-state index in [0.717, 1.165) is 18.7 Å². The first-order chi connectivity index (χ1) is 11.7. The third-order valence-electron chi connectivity index (χ3n) is 5.05. The van der Waals surface area contributed by atoms with Gasteiger partial charge in [-0.1, -0.05) is 30.3 Å². The van der Waals surface area contributed by atoms with Crippen LogP contribution in [0.5, 0.6) is 0 Å². The van der Waals surface area contributed by atoms with Crippen molar-refractivity contribution >= 4 is 11.0 Å². The van der Waals surface area contributed by atoms with Crippen molar-refractivity contribution in [3.63, 3.8) is 0 Å². The summed E-state index contributed by atoms with van der Waals surface area (Å²) in [6.07, 6.45) is 4.14. The maximum atomic E-state index is 12.8. The molecule has 3 heteroatoms. The Morgan fingerprint density at radius 2 is 1.83 bits per heavy atom. The van der Waals surface area contributed by atoms with Gasteiger partial charge in [-0.05, 0) is 62.2 Å². The number of benzene rings is 2. The Hall–Kier alpha value is -2.39. The zero-order chi connectivity index (χ0) is 16.5. The maximum absolute atomic E-state index is 12.8. The minimum Gasteiger partial charge on any atom is -0.463 e. The van der Waals surface area contributed by atoms with Crippen LogP contribution in [0.15, 0.2) is 64.0 Å². The molecular weight excluding hydrogens is 298 g/mol. The summed E-state index contributed by atoms with van der Waals surface area (Å²) in [4.78, 5) is 15.3. The van der Waals surface area contributed by atoms with Crippen LogP contribution in [0.2, 0.25) is 0 Å². The molecule has 122 valence electrons. The zero-order valence-corrected chi connectivity index (χ0v) is 13.9. The van der Waals surface area contributed by atoms with E-state index >= 15 is 0 Å². The average Bonchev–Trinajstić information content (AvgIpc) is 3.16. The SMILES string of the molecule is C[C@@H](c1cccc(-c2coc3ccccc3c2=O)c1)N1CCCC1. The highest BCUT2D eigenvalue weighted by Crippen LogP contribution is 2.28. The highest BCUT2D eigenvalue weighted by molar-refractivity contribution is 5.81. The van der Waals surface area contributed by atoms with Gasteiger partial charge in [-0.25, -0.2) is 0 Å². The number of hydrogen-bond donors (Lipinski definition) is 0. The van der Waals surface area contributed by atoms with Crippen molar-refractivity contribution in [2.24, 2.45) is 0 Å². The third-order valence-corrected chi connectivity index (χ3v) is 5.05. The predicted octanol–water partition coefficient (Wildman–Crippen LogP) is 4.62. The molecule has 1 aromatic heterocycles. The maximum Gasteiger partial charge on any atom is 0.200 e. The molecule has 1 atom stereocenters. The third kappa shape index (κ3) is 2.65. The summed E-state index contributed by atoms with van der Waals surface area (Å²) in [6, 6.07) is 16.1. The van der Waals surface area contributed by atoms with Gasteiger partial charge in [0, 0.05) is 6.04 Å². The molecule has 4 rings (SSSR count). The Kier molecular flexibility index (Phi) is 3.95. The zero-order valence-electron chi connectivity index (χ0n) is 13.9. The van der Waals surface area contributed by atoms with Crippen molar-refractivity contribution in [3.05, 3.63) is 70.6 Å². The molecule has 2 aromatic carbocycles. The lowest BCUT2D eigenvalue weighted by molar-refractivity contribution is 0.263. The molecule has 3 aromatic rings. The van der Waals surface area contributed by atoms with Crippen LogP contribution in [0.4, 0.5) is 0 Å². The van der Waals surface area contributed by atoms with Crippen LogP contribution >= 0.6 is 0 Å². The van der Waals surface area contributed by atoms with Gasteiger partial charge in [0.2, 0.25) is 0 Å². The molecule has 0 N–H and O–H groups in total. The lowest BCUT2D eigenvalue weighted by Gasteiger charge is -2.24. The quantitative estimate of drug-likeness (QED) is 0.706. The van der Waals surface area contributed by atoms with Crippen LogP contribution < -0.4 is 5.43 Å². The molecule has 1 aliphatic heterocycles. The first-order valence-corrected chi connectivity index (χ1v) is 8.59. The van der Waals surface area contributed by atoms with Crippen LogP contribution in [-0.4, -0.2) is 18.0 Å². The lowest BCUT2D eigenvalue weighted by atomic mass is 9.99. The van der Waals surface area contributed by atoms with Crippen molar-refractivity contribution < 1.29 is 4.42 Å². The van der Waals surface area contributed by atoms with Crippen molar-refractivity contribution in [3.8, 4) is 11.1 Å². The lowest BCUT2D eigenvalue weighted by Crippen LogP contribution is -2.23. The van der Waals surface area contributed by atoms with Gasteiger partial charge in [0.25, 0.3) is 0 Å². The molecule has 3 nitrogen and oxygen atoms in total. The van der Waals surface area contributed by atoms with Crippen LogP contribution in [-0.2, 0) is 0 Å². The van der Waals surface area contributed by atoms with Crippen molar-refractivity contribution in [2.45, 2.75) is 25.8 Å². The van der Waals surface area contributed by atoms with E-state index in [2.05, 4.69) is 24.0 Å². The smallest absolute Gasteiger partial charge is 0.200 e. The number of rotatable bonds is 3. The fourth-order valence-corrected chi connectivity index (χ4v) is 3.58. The van der Waals surface area contributed by atoms with Gasteiger partial charge in [0.15, 0.2) is 5.43 Å². The largest absolute Gasteiger partial charge is 0.463 e. The van der Waals surface area contributed by atoms with E-state index in [1.165, 1.54) is 18.4 Å². The number of likely N-dealkylation sites (tertiary alicyclic amines) is 1. The predicted molar refractivity (Wildman–Crippen MR) is 97.1 cm³/mol. The van der Waals surface area contributed by atoms with Crippen molar-refractivity contribution in [1.82, 2.24) is 4.90 Å². The van der Waals surface area contributed by atoms with Gasteiger partial charge < -0.3 is 4.42 Å². The molecule has 0 aliphatic carbocycles. The number of hydrogen-bond acceptors (Lipinski definition) is 3. The Morgan fingerprint density at radius 1 is 1.04 bits per heavy atom. The Balaban J connectivity index is 1.76. The normalized spacial score (nSPS) is 16.5. The van der Waals surface area contributed by atoms with Crippen molar-refractivity contribution in [1.29, 1.82) is 0 Å². The second-order valence-corrected chi connectivity index (χ2v) is 6.52. The van der Waals surface area contributed by atoms with E-state index in [1.54, 1.807) is 6.26 Å². The monoisotopic (exact) mass is 319 g/mol. The topological polar surface area (TPSA) is 33.5 Å². The van der Waals surface area contributed by atoms with Gasteiger partial charge in [-0.15, -0.1) is 0 Å². The number of para-hydroxylation sites is 1. The number of nitrogens with zero attached hydrogens (tertiary/aromatic N) is 1. The molecule has 0 unspecified atom stereocenters. The molecule has 0 saturated carbocycles. The van der Waals surface area contributed by atoms with Crippen LogP contribution in [0.3, 0.4) is 0 Å².